The zero-order valence-corrected chi connectivity index (χ0v) is 16.3. The predicted octanol–water partition coefficient (Wildman–Crippen LogP) is 3.67. The van der Waals surface area contributed by atoms with Crippen molar-refractivity contribution >= 4 is 0 Å². The van der Waals surface area contributed by atoms with Crippen LogP contribution in [0.4, 0.5) is 0 Å². The fraction of sp³-hybridized carbons (Fsp3) is 0.455. The summed E-state index contributed by atoms with van der Waals surface area (Å²) in [5, 5.41) is 0. The van der Waals surface area contributed by atoms with Crippen molar-refractivity contribution in [2.75, 3.05) is 41.7 Å². The Morgan fingerprint density at radius 3 is 2.15 bits per heavy atom. The van der Waals surface area contributed by atoms with Crippen LogP contribution in [0.3, 0.4) is 0 Å². The van der Waals surface area contributed by atoms with Crippen molar-refractivity contribution in [1.82, 2.24) is 0 Å². The second-order valence-electron chi connectivity index (χ2n) is 7.16. The van der Waals surface area contributed by atoms with Gasteiger partial charge in [0, 0.05) is 5.92 Å². The van der Waals surface area contributed by atoms with Crippen molar-refractivity contribution in [3.8, 4) is 23.0 Å². The lowest BCUT2D eigenvalue weighted by Crippen LogP contribution is -2.29. The summed E-state index contributed by atoms with van der Waals surface area (Å²) in [5.74, 6) is 4.20. The summed E-state index contributed by atoms with van der Waals surface area (Å²) in [6.07, 6.45) is 1.00. The SMILES string of the molecule is COc1ccc([C@@H]2c3cc(OC)c(OC)cc3C[C@H]3COC[C@@H]32)cc1OC. The summed E-state index contributed by atoms with van der Waals surface area (Å²) in [4.78, 5) is 0. The molecule has 0 bridgehead atoms. The molecule has 0 amide bonds. The molecule has 144 valence electrons. The summed E-state index contributed by atoms with van der Waals surface area (Å²) in [6, 6.07) is 10.5. The van der Waals surface area contributed by atoms with Crippen molar-refractivity contribution in [3.05, 3.63) is 47.0 Å². The van der Waals surface area contributed by atoms with Crippen LogP contribution in [0.1, 0.15) is 22.6 Å². The third kappa shape index (κ3) is 3.00. The van der Waals surface area contributed by atoms with E-state index in [2.05, 4.69) is 24.3 Å². The smallest absolute Gasteiger partial charge is 0.161 e. The predicted molar refractivity (Wildman–Crippen MR) is 102 cm³/mol. The van der Waals surface area contributed by atoms with Crippen LogP contribution in [-0.4, -0.2) is 41.7 Å². The molecule has 0 saturated carbocycles. The number of rotatable bonds is 5. The highest BCUT2D eigenvalue weighted by molar-refractivity contribution is 5.54. The molecule has 1 fully saturated rings. The van der Waals surface area contributed by atoms with E-state index in [1.807, 2.05) is 6.07 Å². The molecule has 1 heterocycles. The van der Waals surface area contributed by atoms with Gasteiger partial charge in [-0.3, -0.25) is 0 Å². The standard InChI is InChI=1S/C22H26O5/c1-23-18-6-5-13(8-19(18)24-2)22-16-10-21(26-4)20(25-3)9-14(16)7-15-11-27-12-17(15)22/h5-6,8-10,15,17,22H,7,11-12H2,1-4H3/t15-,17-,22+/m0/s1. The zero-order chi connectivity index (χ0) is 19.0. The Morgan fingerprint density at radius 2 is 1.44 bits per heavy atom. The number of fused-ring (bicyclic) bond motifs is 2. The van der Waals surface area contributed by atoms with E-state index in [1.165, 1.54) is 16.7 Å². The van der Waals surface area contributed by atoms with Crippen LogP contribution in [0.25, 0.3) is 0 Å². The quantitative estimate of drug-likeness (QED) is 0.804. The molecule has 2 aromatic carbocycles. The highest BCUT2D eigenvalue weighted by Crippen LogP contribution is 2.50. The number of ether oxygens (including phenoxy) is 5. The Hall–Kier alpha value is -2.40. The average molecular weight is 370 g/mol. The number of methoxy groups -OCH3 is 4. The molecular formula is C22H26O5. The summed E-state index contributed by atoms with van der Waals surface area (Å²) in [7, 11) is 6.69. The highest BCUT2D eigenvalue weighted by atomic mass is 16.5. The third-order valence-corrected chi connectivity index (χ3v) is 5.91. The summed E-state index contributed by atoms with van der Waals surface area (Å²) in [5.41, 5.74) is 3.80. The minimum Gasteiger partial charge on any atom is -0.493 e. The molecule has 27 heavy (non-hydrogen) atoms. The number of hydrogen-bond acceptors (Lipinski definition) is 5. The van der Waals surface area contributed by atoms with E-state index in [9.17, 15) is 0 Å². The van der Waals surface area contributed by atoms with Gasteiger partial charge in [-0.2, -0.15) is 0 Å². The van der Waals surface area contributed by atoms with Crippen LogP contribution in [0.15, 0.2) is 30.3 Å². The minimum atomic E-state index is 0.223. The summed E-state index contributed by atoms with van der Waals surface area (Å²) in [6.45, 7) is 1.58. The first-order valence-electron chi connectivity index (χ1n) is 9.24. The average Bonchev–Trinajstić information content (AvgIpc) is 3.18. The second-order valence-corrected chi connectivity index (χ2v) is 7.16. The van der Waals surface area contributed by atoms with Gasteiger partial charge in [0.05, 0.1) is 41.7 Å². The fourth-order valence-corrected chi connectivity index (χ4v) is 4.58. The third-order valence-electron chi connectivity index (χ3n) is 5.91. The molecule has 0 N–H and O–H groups in total. The van der Waals surface area contributed by atoms with Gasteiger partial charge in [0.15, 0.2) is 23.0 Å². The lowest BCUT2D eigenvalue weighted by molar-refractivity contribution is 0.179. The molecule has 1 saturated heterocycles. The van der Waals surface area contributed by atoms with Crippen LogP contribution in [-0.2, 0) is 11.2 Å². The molecule has 0 aromatic heterocycles. The topological polar surface area (TPSA) is 46.2 Å². The molecule has 5 nitrogen and oxygen atoms in total. The Kier molecular flexibility index (Phi) is 4.87. The molecule has 5 heteroatoms. The second kappa shape index (κ2) is 7.31. The van der Waals surface area contributed by atoms with Crippen LogP contribution >= 0.6 is 0 Å². The van der Waals surface area contributed by atoms with Crippen LogP contribution in [0.2, 0.25) is 0 Å². The molecule has 0 spiro atoms. The van der Waals surface area contributed by atoms with E-state index in [-0.39, 0.29) is 5.92 Å². The van der Waals surface area contributed by atoms with E-state index < -0.39 is 0 Å². The van der Waals surface area contributed by atoms with Gasteiger partial charge < -0.3 is 23.7 Å². The van der Waals surface area contributed by atoms with Crippen molar-refractivity contribution in [1.29, 1.82) is 0 Å². The maximum atomic E-state index is 5.87. The summed E-state index contributed by atoms with van der Waals surface area (Å²) < 4.78 is 27.9. The maximum absolute atomic E-state index is 5.87. The van der Waals surface area contributed by atoms with E-state index in [4.69, 9.17) is 23.7 Å². The molecule has 3 atom stereocenters. The fourth-order valence-electron chi connectivity index (χ4n) is 4.58. The Balaban J connectivity index is 1.86. The van der Waals surface area contributed by atoms with Crippen LogP contribution in [0.5, 0.6) is 23.0 Å². The molecular weight excluding hydrogens is 344 g/mol. The Labute approximate surface area is 160 Å². The monoisotopic (exact) mass is 370 g/mol. The van der Waals surface area contributed by atoms with E-state index in [1.54, 1.807) is 28.4 Å². The Morgan fingerprint density at radius 1 is 0.778 bits per heavy atom. The van der Waals surface area contributed by atoms with Gasteiger partial charge >= 0.3 is 0 Å². The van der Waals surface area contributed by atoms with E-state index in [0.717, 1.165) is 42.6 Å². The molecule has 2 aliphatic rings. The van der Waals surface area contributed by atoms with Gasteiger partial charge in [0.2, 0.25) is 0 Å². The van der Waals surface area contributed by atoms with Crippen molar-refractivity contribution < 1.29 is 23.7 Å². The first kappa shape index (κ1) is 18.0. The van der Waals surface area contributed by atoms with Crippen LogP contribution in [0, 0.1) is 11.8 Å². The Bertz CT molecular complexity index is 832. The molecule has 0 radical (unpaired) electrons. The molecule has 1 aliphatic heterocycles. The first-order chi connectivity index (χ1) is 13.2. The van der Waals surface area contributed by atoms with Crippen molar-refractivity contribution in [2.45, 2.75) is 12.3 Å². The van der Waals surface area contributed by atoms with Crippen LogP contribution < -0.4 is 18.9 Å². The number of hydrogen-bond donors (Lipinski definition) is 0. The van der Waals surface area contributed by atoms with Gasteiger partial charge in [-0.15, -0.1) is 0 Å². The number of benzene rings is 2. The van der Waals surface area contributed by atoms with Gasteiger partial charge in [-0.1, -0.05) is 6.07 Å². The highest BCUT2D eigenvalue weighted by Gasteiger charge is 2.42. The van der Waals surface area contributed by atoms with Gasteiger partial charge in [0.25, 0.3) is 0 Å². The molecule has 1 aliphatic carbocycles. The van der Waals surface area contributed by atoms with Gasteiger partial charge in [-0.05, 0) is 59.2 Å². The lowest BCUT2D eigenvalue weighted by atomic mass is 9.68. The van der Waals surface area contributed by atoms with E-state index >= 15 is 0 Å². The van der Waals surface area contributed by atoms with Gasteiger partial charge in [-0.25, -0.2) is 0 Å². The maximum Gasteiger partial charge on any atom is 0.161 e. The normalized spacial score (nSPS) is 23.3. The van der Waals surface area contributed by atoms with Crippen molar-refractivity contribution in [2.24, 2.45) is 11.8 Å². The largest absolute Gasteiger partial charge is 0.493 e. The van der Waals surface area contributed by atoms with E-state index in [0.29, 0.717) is 11.8 Å². The summed E-state index contributed by atoms with van der Waals surface area (Å²) >= 11 is 0. The first-order valence-corrected chi connectivity index (χ1v) is 9.24. The van der Waals surface area contributed by atoms with Gasteiger partial charge in [0.1, 0.15) is 0 Å². The molecule has 2 aromatic rings. The molecule has 0 unspecified atom stereocenters. The zero-order valence-electron chi connectivity index (χ0n) is 16.3. The minimum absolute atomic E-state index is 0.223. The van der Waals surface area contributed by atoms with Crippen molar-refractivity contribution in [3.63, 3.8) is 0 Å². The lowest BCUT2D eigenvalue weighted by Gasteiger charge is -2.35. The molecule has 4 rings (SSSR count).